The van der Waals surface area contributed by atoms with E-state index in [0.717, 1.165) is 19.0 Å². The van der Waals surface area contributed by atoms with Gasteiger partial charge in [0.25, 0.3) is 0 Å². The first-order valence-electron chi connectivity index (χ1n) is 6.62. The molecule has 0 radical (unpaired) electrons. The monoisotopic (exact) mass is 254 g/mol. The quantitative estimate of drug-likeness (QED) is 0.879. The van der Waals surface area contributed by atoms with E-state index in [1.807, 2.05) is 30.3 Å². The van der Waals surface area contributed by atoms with Gasteiger partial charge in [-0.1, -0.05) is 42.5 Å². The lowest BCUT2D eigenvalue weighted by atomic mass is 10.1. The Morgan fingerprint density at radius 2 is 1.79 bits per heavy atom. The van der Waals surface area contributed by atoms with Crippen LogP contribution in [0.15, 0.2) is 54.6 Å². The minimum Gasteiger partial charge on any atom is -0.489 e. The molecule has 1 heterocycles. The molecule has 0 amide bonds. The van der Waals surface area contributed by atoms with Gasteiger partial charge in [0, 0.05) is 19.3 Å². The third-order valence-corrected chi connectivity index (χ3v) is 3.35. The summed E-state index contributed by atoms with van der Waals surface area (Å²) in [6.07, 6.45) is 0. The van der Waals surface area contributed by atoms with Gasteiger partial charge >= 0.3 is 0 Å². The zero-order valence-corrected chi connectivity index (χ0v) is 10.8. The molecular weight excluding hydrogens is 236 g/mol. The number of hydrogen-bond acceptors (Lipinski definition) is 3. The minimum absolute atomic E-state index is 0.420. The predicted molar refractivity (Wildman–Crippen MR) is 76.0 cm³/mol. The third-order valence-electron chi connectivity index (χ3n) is 3.35. The molecule has 1 unspecified atom stereocenters. The third kappa shape index (κ3) is 3.13. The Morgan fingerprint density at radius 1 is 1.00 bits per heavy atom. The van der Waals surface area contributed by atoms with Crippen molar-refractivity contribution in [2.45, 2.75) is 12.6 Å². The van der Waals surface area contributed by atoms with Crippen molar-refractivity contribution in [3.63, 3.8) is 0 Å². The fraction of sp³-hybridized carbons (Fsp3) is 0.250. The Morgan fingerprint density at radius 3 is 2.47 bits per heavy atom. The molecule has 19 heavy (non-hydrogen) atoms. The van der Waals surface area contributed by atoms with E-state index in [4.69, 9.17) is 4.74 Å². The minimum atomic E-state index is 0.420. The molecule has 3 nitrogen and oxygen atoms in total. The Balaban J connectivity index is 1.60. The van der Waals surface area contributed by atoms with Crippen LogP contribution < -0.4 is 15.4 Å². The zero-order valence-electron chi connectivity index (χ0n) is 10.8. The highest BCUT2D eigenvalue weighted by Crippen LogP contribution is 2.19. The number of rotatable bonds is 4. The van der Waals surface area contributed by atoms with Crippen molar-refractivity contribution in [3.8, 4) is 5.75 Å². The number of benzene rings is 2. The van der Waals surface area contributed by atoms with Crippen molar-refractivity contribution >= 4 is 0 Å². The van der Waals surface area contributed by atoms with Gasteiger partial charge in [-0.2, -0.15) is 0 Å². The van der Waals surface area contributed by atoms with Crippen LogP contribution in [0.1, 0.15) is 17.2 Å². The molecule has 0 spiro atoms. The van der Waals surface area contributed by atoms with Gasteiger partial charge in [0.05, 0.1) is 0 Å². The highest BCUT2D eigenvalue weighted by Gasteiger charge is 2.14. The van der Waals surface area contributed by atoms with E-state index in [9.17, 15) is 0 Å². The van der Waals surface area contributed by atoms with Gasteiger partial charge < -0.3 is 10.1 Å². The summed E-state index contributed by atoms with van der Waals surface area (Å²) in [5.41, 5.74) is 2.49. The van der Waals surface area contributed by atoms with Crippen molar-refractivity contribution in [2.75, 3.05) is 13.2 Å². The van der Waals surface area contributed by atoms with Crippen molar-refractivity contribution in [1.29, 1.82) is 0 Å². The smallest absolute Gasteiger partial charge is 0.119 e. The lowest BCUT2D eigenvalue weighted by Crippen LogP contribution is -2.14. The van der Waals surface area contributed by atoms with Crippen LogP contribution in [0.3, 0.4) is 0 Å². The molecule has 3 heteroatoms. The standard InChI is InChI=1S/C16H18N2O/c1-2-4-13(5-3-1)11-19-15-8-6-14(7-9-15)16-10-17-12-18-16/h1-9,16-18H,10-12H2. The average Bonchev–Trinajstić information content (AvgIpc) is 3.01. The second kappa shape index (κ2) is 5.87. The highest BCUT2D eigenvalue weighted by atomic mass is 16.5. The summed E-state index contributed by atoms with van der Waals surface area (Å²) in [5, 5.41) is 6.69. The molecule has 1 atom stereocenters. The number of hydrogen-bond donors (Lipinski definition) is 2. The molecule has 0 aromatic heterocycles. The maximum Gasteiger partial charge on any atom is 0.119 e. The van der Waals surface area contributed by atoms with Crippen molar-refractivity contribution < 1.29 is 4.74 Å². The SMILES string of the molecule is c1ccc(COc2ccc(C3CNCN3)cc2)cc1. The van der Waals surface area contributed by atoms with Crippen LogP contribution in [0.4, 0.5) is 0 Å². The van der Waals surface area contributed by atoms with Gasteiger partial charge in [-0.15, -0.1) is 0 Å². The van der Waals surface area contributed by atoms with Gasteiger partial charge in [-0.25, -0.2) is 0 Å². The second-order valence-electron chi connectivity index (χ2n) is 4.73. The number of ether oxygens (including phenoxy) is 1. The van der Waals surface area contributed by atoms with E-state index < -0.39 is 0 Å². The summed E-state index contributed by atoms with van der Waals surface area (Å²) in [7, 11) is 0. The van der Waals surface area contributed by atoms with E-state index in [-0.39, 0.29) is 0 Å². The predicted octanol–water partition coefficient (Wildman–Crippen LogP) is 2.46. The summed E-state index contributed by atoms with van der Waals surface area (Å²) in [6.45, 7) is 2.49. The summed E-state index contributed by atoms with van der Waals surface area (Å²) in [6, 6.07) is 19.0. The van der Waals surface area contributed by atoms with E-state index in [2.05, 4.69) is 34.9 Å². The molecule has 1 aliphatic heterocycles. The Bertz CT molecular complexity index is 504. The topological polar surface area (TPSA) is 33.3 Å². The van der Waals surface area contributed by atoms with Gasteiger partial charge in [-0.3, -0.25) is 5.32 Å². The molecule has 98 valence electrons. The first kappa shape index (κ1) is 12.2. The van der Waals surface area contributed by atoms with Crippen LogP contribution >= 0.6 is 0 Å². The highest BCUT2D eigenvalue weighted by molar-refractivity contribution is 5.30. The molecule has 0 aliphatic carbocycles. The first-order valence-corrected chi connectivity index (χ1v) is 6.62. The van der Waals surface area contributed by atoms with Crippen molar-refractivity contribution in [1.82, 2.24) is 10.6 Å². The molecule has 2 aromatic carbocycles. The molecule has 1 aliphatic rings. The Labute approximate surface area is 113 Å². The van der Waals surface area contributed by atoms with E-state index in [1.165, 1.54) is 11.1 Å². The lowest BCUT2D eigenvalue weighted by molar-refractivity contribution is 0.306. The first-order chi connectivity index (χ1) is 9.42. The Kier molecular flexibility index (Phi) is 3.77. The van der Waals surface area contributed by atoms with Crippen molar-refractivity contribution in [3.05, 3.63) is 65.7 Å². The molecule has 0 saturated carbocycles. The second-order valence-corrected chi connectivity index (χ2v) is 4.73. The van der Waals surface area contributed by atoms with Crippen LogP contribution in [0.2, 0.25) is 0 Å². The van der Waals surface area contributed by atoms with Gasteiger partial charge in [0.2, 0.25) is 0 Å². The molecule has 3 rings (SSSR count). The summed E-state index contributed by atoms with van der Waals surface area (Å²) < 4.78 is 5.77. The molecule has 0 bridgehead atoms. The molecule has 1 saturated heterocycles. The number of nitrogens with one attached hydrogen (secondary N) is 2. The largest absolute Gasteiger partial charge is 0.489 e. The van der Waals surface area contributed by atoms with E-state index in [1.54, 1.807) is 0 Å². The van der Waals surface area contributed by atoms with Gasteiger partial charge in [0.1, 0.15) is 12.4 Å². The molecule has 1 fully saturated rings. The summed E-state index contributed by atoms with van der Waals surface area (Å²) in [5.74, 6) is 0.915. The van der Waals surface area contributed by atoms with Crippen LogP contribution in [0, 0.1) is 0 Å². The van der Waals surface area contributed by atoms with Crippen LogP contribution in [0.5, 0.6) is 5.75 Å². The fourth-order valence-electron chi connectivity index (χ4n) is 2.26. The molecule has 2 N–H and O–H groups in total. The van der Waals surface area contributed by atoms with Crippen LogP contribution in [-0.2, 0) is 6.61 Å². The molecule has 2 aromatic rings. The van der Waals surface area contributed by atoms with E-state index in [0.29, 0.717) is 12.6 Å². The Hall–Kier alpha value is -1.84. The normalized spacial score (nSPS) is 18.4. The molecular formula is C16H18N2O. The summed E-state index contributed by atoms with van der Waals surface area (Å²) in [4.78, 5) is 0. The fourth-order valence-corrected chi connectivity index (χ4v) is 2.26. The maximum atomic E-state index is 5.77. The van der Waals surface area contributed by atoms with Crippen molar-refractivity contribution in [2.24, 2.45) is 0 Å². The zero-order chi connectivity index (χ0) is 12.9. The lowest BCUT2D eigenvalue weighted by Gasteiger charge is -2.11. The van der Waals surface area contributed by atoms with Gasteiger partial charge in [0.15, 0.2) is 0 Å². The summed E-state index contributed by atoms with van der Waals surface area (Å²) >= 11 is 0. The average molecular weight is 254 g/mol. The van der Waals surface area contributed by atoms with Crippen LogP contribution in [0.25, 0.3) is 0 Å². The van der Waals surface area contributed by atoms with E-state index >= 15 is 0 Å². The van der Waals surface area contributed by atoms with Gasteiger partial charge in [-0.05, 0) is 23.3 Å². The maximum absolute atomic E-state index is 5.77. The van der Waals surface area contributed by atoms with Crippen LogP contribution in [-0.4, -0.2) is 13.2 Å².